The van der Waals surface area contributed by atoms with E-state index in [4.69, 9.17) is 4.74 Å². The zero-order valence-corrected chi connectivity index (χ0v) is 23.9. The summed E-state index contributed by atoms with van der Waals surface area (Å²) in [5.41, 5.74) is -0.216. The second-order valence-corrected chi connectivity index (χ2v) is 12.3. The predicted octanol–water partition coefficient (Wildman–Crippen LogP) is 6.19. The van der Waals surface area contributed by atoms with Crippen LogP contribution < -0.4 is 15.4 Å². The molecule has 4 saturated carbocycles. The monoisotopic (exact) mass is 606 g/mol. The Morgan fingerprint density at radius 2 is 1.34 bits per heavy atom. The number of carboxylic acids is 1. The maximum absolute atomic E-state index is 13.4. The number of hydrogen-bond donors (Lipinski definition) is 3. The Kier molecular flexibility index (Phi) is 7.86. The van der Waals surface area contributed by atoms with E-state index in [0.29, 0.717) is 35.6 Å². The van der Waals surface area contributed by atoms with Gasteiger partial charge in [-0.05, 0) is 103 Å². The Morgan fingerprint density at radius 1 is 0.795 bits per heavy atom. The molecule has 4 fully saturated rings. The molecule has 2 unspecified atom stereocenters. The number of carbonyl (C=O) groups excluding carboxylic acids is 2. The van der Waals surface area contributed by atoms with Crippen LogP contribution in [0.4, 0.5) is 13.2 Å². The van der Waals surface area contributed by atoms with Gasteiger partial charge < -0.3 is 20.5 Å². The molecule has 3 N–H and O–H groups in total. The molecule has 0 heterocycles. The number of alkyl halides is 3. The van der Waals surface area contributed by atoms with Crippen molar-refractivity contribution < 1.29 is 37.4 Å². The lowest BCUT2D eigenvalue weighted by atomic mass is 9.48. The summed E-state index contributed by atoms with van der Waals surface area (Å²) in [4.78, 5) is 37.1. The standard InChI is InChI=1S/C34H33F3N2O5/c35-34(36,37)28-4-2-1-3-27(28)21-5-7-22(8-6-21)30(40)38-13-14-39-31(41)23-9-11-26(12-10-23)44-29-24-15-20-16-25(29)19-33(17-20,18-24)32(42)43/h1-12,20,24-25,29H,13-19H2,(H,38,40)(H,39,41)(H,42,43). The highest BCUT2D eigenvalue weighted by molar-refractivity contribution is 5.95. The number of halogens is 3. The molecule has 2 atom stereocenters. The summed E-state index contributed by atoms with van der Waals surface area (Å²) >= 11 is 0. The minimum absolute atomic E-state index is 0.00536. The molecule has 0 spiro atoms. The molecule has 10 heteroatoms. The molecule has 0 aliphatic heterocycles. The Balaban J connectivity index is 0.968. The van der Waals surface area contributed by atoms with Gasteiger partial charge in [0.15, 0.2) is 0 Å². The molecule has 0 radical (unpaired) electrons. The average molecular weight is 607 g/mol. The topological polar surface area (TPSA) is 105 Å². The summed E-state index contributed by atoms with van der Waals surface area (Å²) in [6.07, 6.45) is -0.362. The van der Waals surface area contributed by atoms with E-state index in [1.165, 1.54) is 42.5 Å². The van der Waals surface area contributed by atoms with Crippen molar-refractivity contribution in [3.8, 4) is 16.9 Å². The Morgan fingerprint density at radius 3 is 1.89 bits per heavy atom. The van der Waals surface area contributed by atoms with Crippen LogP contribution in [0.1, 0.15) is 58.4 Å². The Labute approximate surface area is 252 Å². The van der Waals surface area contributed by atoms with Gasteiger partial charge in [-0.15, -0.1) is 0 Å². The zero-order chi connectivity index (χ0) is 31.1. The van der Waals surface area contributed by atoms with Crippen LogP contribution in [0.3, 0.4) is 0 Å². The van der Waals surface area contributed by atoms with Crippen molar-refractivity contribution in [1.82, 2.24) is 10.6 Å². The molecule has 44 heavy (non-hydrogen) atoms. The van der Waals surface area contributed by atoms with E-state index in [9.17, 15) is 32.7 Å². The number of carbonyl (C=O) groups is 3. The molecule has 230 valence electrons. The quantitative estimate of drug-likeness (QED) is 0.252. The molecule has 2 amide bonds. The molecule has 4 aliphatic carbocycles. The van der Waals surface area contributed by atoms with E-state index in [1.807, 2.05) is 0 Å². The van der Waals surface area contributed by atoms with Crippen LogP contribution in [0.25, 0.3) is 11.1 Å². The van der Waals surface area contributed by atoms with Crippen LogP contribution in [0.5, 0.6) is 5.75 Å². The van der Waals surface area contributed by atoms with Gasteiger partial charge >= 0.3 is 12.1 Å². The van der Waals surface area contributed by atoms with Crippen LogP contribution in [0.15, 0.2) is 72.8 Å². The van der Waals surface area contributed by atoms with Gasteiger partial charge in [-0.1, -0.05) is 30.3 Å². The molecule has 0 saturated heterocycles. The van der Waals surface area contributed by atoms with Gasteiger partial charge in [0.1, 0.15) is 11.9 Å². The van der Waals surface area contributed by atoms with Crippen LogP contribution in [-0.4, -0.2) is 42.1 Å². The summed E-state index contributed by atoms with van der Waals surface area (Å²) < 4.78 is 46.4. The summed E-state index contributed by atoms with van der Waals surface area (Å²) in [6, 6.07) is 18.0. The molecule has 3 aromatic carbocycles. The molecular formula is C34H33F3N2O5. The maximum Gasteiger partial charge on any atom is 0.417 e. The first-order chi connectivity index (χ1) is 21.0. The number of nitrogens with one attached hydrogen (secondary N) is 2. The first kappa shape index (κ1) is 29.7. The van der Waals surface area contributed by atoms with Crippen LogP contribution in [0.2, 0.25) is 0 Å². The van der Waals surface area contributed by atoms with Gasteiger partial charge in [0, 0.05) is 24.2 Å². The third-order valence-corrected chi connectivity index (χ3v) is 9.42. The highest BCUT2D eigenvalue weighted by atomic mass is 19.4. The van der Waals surface area contributed by atoms with Crippen LogP contribution >= 0.6 is 0 Å². The second-order valence-electron chi connectivity index (χ2n) is 12.3. The van der Waals surface area contributed by atoms with Gasteiger partial charge in [0.25, 0.3) is 11.8 Å². The summed E-state index contributed by atoms with van der Waals surface area (Å²) in [7, 11) is 0. The molecule has 0 aromatic heterocycles. The fourth-order valence-corrected chi connectivity index (χ4v) is 7.61. The lowest BCUT2D eigenvalue weighted by Crippen LogP contribution is -2.57. The lowest BCUT2D eigenvalue weighted by molar-refractivity contribution is -0.175. The fraction of sp³-hybridized carbons (Fsp3) is 0.382. The molecule has 7 nitrogen and oxygen atoms in total. The lowest BCUT2D eigenvalue weighted by Gasteiger charge is -2.57. The molecule has 4 bridgehead atoms. The van der Waals surface area contributed by atoms with Crippen molar-refractivity contribution in [2.45, 2.75) is 44.4 Å². The highest BCUT2D eigenvalue weighted by Gasteiger charge is 2.59. The van der Waals surface area contributed by atoms with E-state index in [0.717, 1.165) is 25.3 Å². The van der Waals surface area contributed by atoms with Gasteiger partial charge in [-0.2, -0.15) is 13.2 Å². The van der Waals surface area contributed by atoms with Crippen molar-refractivity contribution in [3.63, 3.8) is 0 Å². The normalized spacial score (nSPS) is 25.3. The van der Waals surface area contributed by atoms with Crippen LogP contribution in [0, 0.1) is 23.2 Å². The molecule has 7 rings (SSSR count). The zero-order valence-electron chi connectivity index (χ0n) is 23.9. The van der Waals surface area contributed by atoms with Crippen molar-refractivity contribution in [2.75, 3.05) is 13.1 Å². The van der Waals surface area contributed by atoms with Gasteiger partial charge in [0.05, 0.1) is 11.0 Å². The number of rotatable bonds is 9. The van der Waals surface area contributed by atoms with Crippen molar-refractivity contribution in [3.05, 3.63) is 89.5 Å². The second kappa shape index (κ2) is 11.6. The van der Waals surface area contributed by atoms with E-state index in [1.54, 1.807) is 24.3 Å². The van der Waals surface area contributed by atoms with Crippen molar-refractivity contribution >= 4 is 17.8 Å². The van der Waals surface area contributed by atoms with E-state index in [2.05, 4.69) is 10.6 Å². The third kappa shape index (κ3) is 5.89. The molecule has 4 aliphatic rings. The van der Waals surface area contributed by atoms with Crippen molar-refractivity contribution in [2.24, 2.45) is 23.2 Å². The number of carboxylic acid groups (broad SMARTS) is 1. The van der Waals surface area contributed by atoms with Gasteiger partial charge in [0.2, 0.25) is 0 Å². The Hall–Kier alpha value is -4.34. The van der Waals surface area contributed by atoms with Gasteiger partial charge in [-0.3, -0.25) is 14.4 Å². The molecular weight excluding hydrogens is 573 g/mol. The number of aliphatic carboxylic acids is 1. The summed E-state index contributed by atoms with van der Waals surface area (Å²) in [6.45, 7) is 0.339. The minimum atomic E-state index is -4.49. The smallest absolute Gasteiger partial charge is 0.417 e. The van der Waals surface area contributed by atoms with E-state index in [-0.39, 0.29) is 48.1 Å². The average Bonchev–Trinajstić information content (AvgIpc) is 3.00. The minimum Gasteiger partial charge on any atom is -0.490 e. The third-order valence-electron chi connectivity index (χ3n) is 9.42. The first-order valence-electron chi connectivity index (χ1n) is 14.9. The fourth-order valence-electron chi connectivity index (χ4n) is 7.61. The largest absolute Gasteiger partial charge is 0.490 e. The number of hydrogen-bond acceptors (Lipinski definition) is 4. The SMILES string of the molecule is O=C(NCCNC(=O)c1ccc(-c2ccccc2C(F)(F)F)cc1)c1ccc(OC2C3CC4CC2CC(C(=O)O)(C4)C3)cc1. The summed E-state index contributed by atoms with van der Waals surface area (Å²) in [5.74, 6) is 0.207. The van der Waals surface area contributed by atoms with E-state index < -0.39 is 29.0 Å². The molecule has 3 aromatic rings. The van der Waals surface area contributed by atoms with Crippen LogP contribution in [-0.2, 0) is 11.0 Å². The first-order valence-corrected chi connectivity index (χ1v) is 14.9. The maximum atomic E-state index is 13.4. The highest BCUT2D eigenvalue weighted by Crippen LogP contribution is 2.60. The Bertz CT molecular complexity index is 1540. The number of ether oxygens (including phenoxy) is 1. The summed E-state index contributed by atoms with van der Waals surface area (Å²) in [5, 5.41) is 15.3. The number of amides is 2. The van der Waals surface area contributed by atoms with Gasteiger partial charge in [-0.25, -0.2) is 0 Å². The van der Waals surface area contributed by atoms with E-state index >= 15 is 0 Å². The number of benzene rings is 3. The predicted molar refractivity (Wildman–Crippen MR) is 156 cm³/mol. The van der Waals surface area contributed by atoms with Crippen molar-refractivity contribution in [1.29, 1.82) is 0 Å².